The number of thiazole rings is 1. The van der Waals surface area contributed by atoms with Gasteiger partial charge in [0.25, 0.3) is 0 Å². The van der Waals surface area contributed by atoms with Gasteiger partial charge in [0.2, 0.25) is 0 Å². The van der Waals surface area contributed by atoms with Crippen molar-refractivity contribution < 1.29 is 4.74 Å². The van der Waals surface area contributed by atoms with Crippen molar-refractivity contribution in [2.75, 3.05) is 40.4 Å². The Morgan fingerprint density at radius 3 is 2.82 bits per heavy atom. The number of hydrogen-bond acceptors (Lipinski definition) is 4. The van der Waals surface area contributed by atoms with Crippen molar-refractivity contribution in [2.24, 2.45) is 10.9 Å². The van der Waals surface area contributed by atoms with Crippen LogP contribution in [0, 0.1) is 19.8 Å². The molecule has 22 heavy (non-hydrogen) atoms. The fraction of sp³-hybridized carbons (Fsp3) is 0.750. The topological polar surface area (TPSA) is 49.8 Å². The maximum Gasteiger partial charge on any atom is 0.193 e. The number of aliphatic imine (C=N–C) groups is 1. The quantitative estimate of drug-likeness (QED) is 0.453. The SMILES string of the molecule is CN=C(NCCc1sc(C)nc1C)N(C)CCOCC1CC1. The van der Waals surface area contributed by atoms with Gasteiger partial charge in [0, 0.05) is 45.1 Å². The van der Waals surface area contributed by atoms with Crippen LogP contribution in [-0.2, 0) is 11.2 Å². The van der Waals surface area contributed by atoms with Gasteiger partial charge >= 0.3 is 0 Å². The summed E-state index contributed by atoms with van der Waals surface area (Å²) in [6, 6.07) is 0. The van der Waals surface area contributed by atoms with Crippen molar-refractivity contribution in [1.82, 2.24) is 15.2 Å². The molecule has 0 radical (unpaired) electrons. The molecule has 5 nitrogen and oxygen atoms in total. The van der Waals surface area contributed by atoms with E-state index in [1.807, 2.05) is 7.05 Å². The number of ether oxygens (including phenoxy) is 1. The lowest BCUT2D eigenvalue weighted by Gasteiger charge is -2.22. The molecule has 2 rings (SSSR count). The first-order valence-corrected chi connectivity index (χ1v) is 8.84. The van der Waals surface area contributed by atoms with Crippen molar-refractivity contribution in [1.29, 1.82) is 0 Å². The summed E-state index contributed by atoms with van der Waals surface area (Å²) in [5.74, 6) is 1.75. The van der Waals surface area contributed by atoms with Crippen LogP contribution in [0.15, 0.2) is 4.99 Å². The summed E-state index contributed by atoms with van der Waals surface area (Å²) in [5, 5.41) is 4.56. The van der Waals surface area contributed by atoms with Gasteiger partial charge in [-0.3, -0.25) is 4.99 Å². The molecular formula is C16H28N4OS. The highest BCUT2D eigenvalue weighted by molar-refractivity contribution is 7.11. The zero-order chi connectivity index (χ0) is 15.9. The summed E-state index contributed by atoms with van der Waals surface area (Å²) < 4.78 is 5.68. The van der Waals surface area contributed by atoms with Gasteiger partial charge in [-0.05, 0) is 32.6 Å². The molecule has 1 aliphatic carbocycles. The minimum atomic E-state index is 0.765. The number of likely N-dealkylation sites (N-methyl/N-ethyl adjacent to an activating group) is 1. The molecule has 1 aromatic rings. The standard InChI is InChI=1S/C16H28N4OS/c1-12-15(22-13(2)19-12)7-8-18-16(17-3)20(4)9-10-21-11-14-5-6-14/h14H,5-11H2,1-4H3,(H,17,18). The lowest BCUT2D eigenvalue weighted by Crippen LogP contribution is -2.41. The van der Waals surface area contributed by atoms with Crippen LogP contribution in [0.25, 0.3) is 0 Å². The number of guanidine groups is 1. The molecule has 1 fully saturated rings. The second-order valence-corrected chi connectivity index (χ2v) is 7.19. The average molecular weight is 324 g/mol. The number of nitrogens with zero attached hydrogens (tertiary/aromatic N) is 3. The highest BCUT2D eigenvalue weighted by Gasteiger charge is 2.21. The van der Waals surface area contributed by atoms with Crippen LogP contribution in [0.5, 0.6) is 0 Å². The van der Waals surface area contributed by atoms with Gasteiger partial charge in [-0.25, -0.2) is 4.98 Å². The Hall–Kier alpha value is -1.14. The molecule has 1 aliphatic rings. The Kier molecular flexibility index (Phi) is 6.64. The van der Waals surface area contributed by atoms with Crippen molar-refractivity contribution in [3.63, 3.8) is 0 Å². The molecule has 0 spiro atoms. The van der Waals surface area contributed by atoms with Gasteiger partial charge in [-0.15, -0.1) is 11.3 Å². The van der Waals surface area contributed by atoms with E-state index < -0.39 is 0 Å². The third-order valence-corrected chi connectivity index (χ3v) is 4.96. The molecular weight excluding hydrogens is 296 g/mol. The van der Waals surface area contributed by atoms with Crippen LogP contribution >= 0.6 is 11.3 Å². The molecule has 124 valence electrons. The molecule has 0 atom stereocenters. The first-order chi connectivity index (χ1) is 10.6. The Balaban J connectivity index is 1.65. The van der Waals surface area contributed by atoms with Gasteiger partial charge in [0.1, 0.15) is 0 Å². The molecule has 0 bridgehead atoms. The highest BCUT2D eigenvalue weighted by Crippen LogP contribution is 2.28. The molecule has 1 N–H and O–H groups in total. The van der Waals surface area contributed by atoms with Crippen LogP contribution < -0.4 is 5.32 Å². The third-order valence-electron chi connectivity index (χ3n) is 3.83. The van der Waals surface area contributed by atoms with E-state index in [0.29, 0.717) is 0 Å². The fourth-order valence-electron chi connectivity index (χ4n) is 2.32. The maximum absolute atomic E-state index is 5.68. The molecule has 0 amide bonds. The van der Waals surface area contributed by atoms with Gasteiger partial charge in [-0.1, -0.05) is 0 Å². The number of nitrogens with one attached hydrogen (secondary N) is 1. The predicted molar refractivity (Wildman–Crippen MR) is 92.8 cm³/mol. The Morgan fingerprint density at radius 2 is 2.23 bits per heavy atom. The fourth-order valence-corrected chi connectivity index (χ4v) is 3.26. The summed E-state index contributed by atoms with van der Waals surface area (Å²) in [5.41, 5.74) is 1.15. The van der Waals surface area contributed by atoms with Crippen LogP contribution in [0.1, 0.15) is 28.4 Å². The first kappa shape index (κ1) is 17.2. The van der Waals surface area contributed by atoms with E-state index in [1.54, 1.807) is 11.3 Å². The second kappa shape index (κ2) is 8.48. The predicted octanol–water partition coefficient (Wildman–Crippen LogP) is 2.24. The molecule has 1 saturated carbocycles. The van der Waals surface area contributed by atoms with Gasteiger partial charge in [-0.2, -0.15) is 0 Å². The van der Waals surface area contributed by atoms with Crippen LogP contribution in [-0.4, -0.2) is 56.2 Å². The smallest absolute Gasteiger partial charge is 0.193 e. The monoisotopic (exact) mass is 324 g/mol. The van der Waals surface area contributed by atoms with Crippen molar-refractivity contribution in [3.8, 4) is 0 Å². The van der Waals surface area contributed by atoms with Crippen molar-refractivity contribution >= 4 is 17.3 Å². The molecule has 0 aromatic carbocycles. The largest absolute Gasteiger partial charge is 0.379 e. The average Bonchev–Trinajstić information content (AvgIpc) is 3.25. The maximum atomic E-state index is 5.68. The number of hydrogen-bond donors (Lipinski definition) is 1. The molecule has 1 aromatic heterocycles. The Morgan fingerprint density at radius 1 is 1.45 bits per heavy atom. The minimum Gasteiger partial charge on any atom is -0.379 e. The minimum absolute atomic E-state index is 0.765. The second-order valence-electron chi connectivity index (χ2n) is 5.91. The van der Waals surface area contributed by atoms with Gasteiger partial charge < -0.3 is 15.0 Å². The van der Waals surface area contributed by atoms with E-state index in [4.69, 9.17) is 4.74 Å². The molecule has 6 heteroatoms. The number of aryl methyl sites for hydroxylation is 2. The lowest BCUT2D eigenvalue weighted by atomic mass is 10.3. The zero-order valence-electron chi connectivity index (χ0n) is 14.2. The summed E-state index contributed by atoms with van der Waals surface area (Å²) in [4.78, 5) is 12.3. The summed E-state index contributed by atoms with van der Waals surface area (Å²) >= 11 is 1.78. The first-order valence-electron chi connectivity index (χ1n) is 8.02. The Bertz CT molecular complexity index is 496. The number of aromatic nitrogens is 1. The van der Waals surface area contributed by atoms with E-state index in [0.717, 1.165) is 55.3 Å². The van der Waals surface area contributed by atoms with Crippen LogP contribution in [0.2, 0.25) is 0 Å². The molecule has 0 saturated heterocycles. The van der Waals surface area contributed by atoms with E-state index in [9.17, 15) is 0 Å². The van der Waals surface area contributed by atoms with Gasteiger partial charge in [0.15, 0.2) is 5.96 Å². The van der Waals surface area contributed by atoms with Crippen LogP contribution in [0.4, 0.5) is 0 Å². The van der Waals surface area contributed by atoms with E-state index in [-0.39, 0.29) is 0 Å². The van der Waals surface area contributed by atoms with Gasteiger partial charge in [0.05, 0.1) is 17.3 Å². The van der Waals surface area contributed by atoms with Crippen molar-refractivity contribution in [2.45, 2.75) is 33.1 Å². The summed E-state index contributed by atoms with van der Waals surface area (Å²) in [6.07, 6.45) is 3.67. The summed E-state index contributed by atoms with van der Waals surface area (Å²) in [7, 11) is 3.88. The van der Waals surface area contributed by atoms with Crippen LogP contribution in [0.3, 0.4) is 0 Å². The summed E-state index contributed by atoms with van der Waals surface area (Å²) in [6.45, 7) is 7.57. The number of rotatable bonds is 8. The molecule has 0 aliphatic heterocycles. The normalized spacial score (nSPS) is 15.2. The Labute approximate surface area is 137 Å². The molecule has 1 heterocycles. The van der Waals surface area contributed by atoms with E-state index in [2.05, 4.69) is 41.1 Å². The highest BCUT2D eigenvalue weighted by atomic mass is 32.1. The third kappa shape index (κ3) is 5.57. The van der Waals surface area contributed by atoms with E-state index >= 15 is 0 Å². The van der Waals surface area contributed by atoms with E-state index in [1.165, 1.54) is 17.7 Å². The van der Waals surface area contributed by atoms with Crippen molar-refractivity contribution in [3.05, 3.63) is 15.6 Å². The molecule has 0 unspecified atom stereocenters. The zero-order valence-corrected chi connectivity index (χ0v) is 15.0. The lowest BCUT2D eigenvalue weighted by molar-refractivity contribution is 0.115.